The van der Waals surface area contributed by atoms with Gasteiger partial charge in [0.15, 0.2) is 0 Å². The van der Waals surface area contributed by atoms with Crippen molar-refractivity contribution >= 4 is 33.2 Å². The molecule has 2 aromatic rings. The zero-order valence-corrected chi connectivity index (χ0v) is 17.3. The molecule has 2 aromatic carbocycles. The van der Waals surface area contributed by atoms with Crippen LogP contribution in [0.4, 0.5) is 5.69 Å². The van der Waals surface area contributed by atoms with Crippen LogP contribution in [0.3, 0.4) is 0 Å². The predicted octanol–water partition coefficient (Wildman–Crippen LogP) is 3.02. The molecule has 1 heterocycles. The minimum absolute atomic E-state index is 0.0710. The Morgan fingerprint density at radius 2 is 1.75 bits per heavy atom. The van der Waals surface area contributed by atoms with Crippen molar-refractivity contribution in [3.63, 3.8) is 0 Å². The third-order valence-electron chi connectivity index (χ3n) is 5.14. The minimum Gasteiger partial charge on any atom is -0.324 e. The van der Waals surface area contributed by atoms with Crippen molar-refractivity contribution in [2.24, 2.45) is 5.73 Å². The van der Waals surface area contributed by atoms with Gasteiger partial charge in [0.05, 0.1) is 10.6 Å². The van der Waals surface area contributed by atoms with Crippen molar-refractivity contribution in [2.75, 3.05) is 18.4 Å². The van der Waals surface area contributed by atoms with Gasteiger partial charge in [-0.3, -0.25) is 4.79 Å². The number of benzene rings is 2. The Balaban J connectivity index is 1.67. The molecule has 28 heavy (non-hydrogen) atoms. The SMILES string of the molecule is CCc1ccc(NC(=O)C2(N)CCN(S(=O)(=O)c3ccccc3Cl)CC2)cc1. The molecule has 8 heteroatoms. The second-order valence-corrected chi connectivity index (χ2v) is 9.31. The second kappa shape index (κ2) is 8.21. The van der Waals surface area contributed by atoms with Crippen molar-refractivity contribution in [1.82, 2.24) is 4.31 Å². The highest BCUT2D eigenvalue weighted by Gasteiger charge is 2.41. The number of amides is 1. The molecule has 0 radical (unpaired) electrons. The van der Waals surface area contributed by atoms with E-state index in [9.17, 15) is 13.2 Å². The third-order valence-corrected chi connectivity index (χ3v) is 7.54. The average molecular weight is 422 g/mol. The van der Waals surface area contributed by atoms with Gasteiger partial charge in [0.1, 0.15) is 4.90 Å². The number of nitrogens with zero attached hydrogens (tertiary/aromatic N) is 1. The van der Waals surface area contributed by atoms with Crippen LogP contribution in [0.15, 0.2) is 53.4 Å². The van der Waals surface area contributed by atoms with Gasteiger partial charge in [-0.15, -0.1) is 0 Å². The fraction of sp³-hybridized carbons (Fsp3) is 0.350. The van der Waals surface area contributed by atoms with Crippen LogP contribution in [-0.2, 0) is 21.2 Å². The van der Waals surface area contributed by atoms with Crippen LogP contribution in [0.2, 0.25) is 5.02 Å². The van der Waals surface area contributed by atoms with E-state index in [2.05, 4.69) is 12.2 Å². The van der Waals surface area contributed by atoms with E-state index in [0.717, 1.165) is 6.42 Å². The summed E-state index contributed by atoms with van der Waals surface area (Å²) < 4.78 is 27.0. The predicted molar refractivity (Wildman–Crippen MR) is 111 cm³/mol. The number of carbonyl (C=O) groups is 1. The van der Waals surface area contributed by atoms with Crippen LogP contribution < -0.4 is 11.1 Å². The summed E-state index contributed by atoms with van der Waals surface area (Å²) in [5.41, 5.74) is 7.06. The first-order chi connectivity index (χ1) is 13.3. The number of rotatable bonds is 5. The molecule has 0 bridgehead atoms. The van der Waals surface area contributed by atoms with E-state index >= 15 is 0 Å². The number of hydrogen-bond donors (Lipinski definition) is 2. The molecule has 3 rings (SSSR count). The standard InChI is InChI=1S/C20H24ClN3O3S/c1-2-15-7-9-16(10-8-15)23-19(25)20(22)11-13-24(14-12-20)28(26,27)18-6-4-3-5-17(18)21/h3-10H,2,11-14,22H2,1H3,(H,23,25). The lowest BCUT2D eigenvalue weighted by molar-refractivity contribution is -0.122. The lowest BCUT2D eigenvalue weighted by atomic mass is 9.88. The lowest BCUT2D eigenvalue weighted by Crippen LogP contribution is -2.58. The minimum atomic E-state index is -3.72. The summed E-state index contributed by atoms with van der Waals surface area (Å²) in [6, 6.07) is 13.9. The van der Waals surface area contributed by atoms with Crippen LogP contribution in [0.1, 0.15) is 25.3 Å². The molecule has 0 unspecified atom stereocenters. The van der Waals surface area contributed by atoms with Crippen molar-refractivity contribution in [3.05, 3.63) is 59.1 Å². The van der Waals surface area contributed by atoms with E-state index in [0.29, 0.717) is 5.69 Å². The van der Waals surface area contributed by atoms with Crippen LogP contribution in [0, 0.1) is 0 Å². The van der Waals surface area contributed by atoms with E-state index < -0.39 is 15.6 Å². The maximum Gasteiger partial charge on any atom is 0.244 e. The van der Waals surface area contributed by atoms with Gasteiger partial charge in [-0.2, -0.15) is 4.31 Å². The molecule has 0 atom stereocenters. The van der Waals surface area contributed by atoms with Crippen LogP contribution >= 0.6 is 11.6 Å². The summed E-state index contributed by atoms with van der Waals surface area (Å²) in [6.07, 6.45) is 1.38. The number of sulfonamides is 1. The molecule has 0 aromatic heterocycles. The van der Waals surface area contributed by atoms with Crippen molar-refractivity contribution in [2.45, 2.75) is 36.6 Å². The van der Waals surface area contributed by atoms with E-state index in [-0.39, 0.29) is 41.8 Å². The van der Waals surface area contributed by atoms with Gasteiger partial charge in [0.2, 0.25) is 15.9 Å². The third kappa shape index (κ3) is 4.22. The van der Waals surface area contributed by atoms with Crippen LogP contribution in [0.5, 0.6) is 0 Å². The van der Waals surface area contributed by atoms with Gasteiger partial charge in [0, 0.05) is 18.8 Å². The molecule has 1 saturated heterocycles. The summed E-state index contributed by atoms with van der Waals surface area (Å²) in [6.45, 7) is 2.38. The number of carbonyl (C=O) groups excluding carboxylic acids is 1. The van der Waals surface area contributed by atoms with Gasteiger partial charge < -0.3 is 11.1 Å². The Morgan fingerprint density at radius 3 is 2.32 bits per heavy atom. The Bertz CT molecular complexity index is 953. The molecule has 1 aliphatic rings. The van der Waals surface area contributed by atoms with E-state index in [1.807, 2.05) is 24.3 Å². The number of hydrogen-bond acceptors (Lipinski definition) is 4. The lowest BCUT2D eigenvalue weighted by Gasteiger charge is -2.37. The summed E-state index contributed by atoms with van der Waals surface area (Å²) in [5.74, 6) is -0.300. The molecule has 1 amide bonds. The van der Waals surface area contributed by atoms with Crippen LogP contribution in [-0.4, -0.2) is 37.3 Å². The Kier molecular flexibility index (Phi) is 6.09. The Hall–Kier alpha value is -1.93. The zero-order valence-electron chi connectivity index (χ0n) is 15.7. The molecular formula is C20H24ClN3O3S. The normalized spacial score (nSPS) is 17.2. The quantitative estimate of drug-likeness (QED) is 0.776. The smallest absolute Gasteiger partial charge is 0.244 e. The molecule has 1 fully saturated rings. The fourth-order valence-corrected chi connectivity index (χ4v) is 5.16. The summed E-state index contributed by atoms with van der Waals surface area (Å²) in [5, 5.41) is 3.03. The van der Waals surface area contributed by atoms with Gasteiger partial charge >= 0.3 is 0 Å². The van der Waals surface area contributed by atoms with E-state index in [1.54, 1.807) is 18.2 Å². The molecule has 150 valence electrons. The molecule has 0 aliphatic carbocycles. The Labute approximate surface area is 170 Å². The van der Waals surface area contributed by atoms with Crippen molar-refractivity contribution in [1.29, 1.82) is 0 Å². The molecule has 1 aliphatic heterocycles. The maximum absolute atomic E-state index is 12.8. The van der Waals surface area contributed by atoms with Crippen LogP contribution in [0.25, 0.3) is 0 Å². The van der Waals surface area contributed by atoms with Crippen molar-refractivity contribution < 1.29 is 13.2 Å². The number of halogens is 1. The topological polar surface area (TPSA) is 92.5 Å². The number of nitrogens with one attached hydrogen (secondary N) is 1. The summed E-state index contributed by atoms with van der Waals surface area (Å²) in [4.78, 5) is 12.8. The highest BCUT2D eigenvalue weighted by Crippen LogP contribution is 2.29. The molecular weight excluding hydrogens is 398 g/mol. The number of aryl methyl sites for hydroxylation is 1. The summed E-state index contributed by atoms with van der Waals surface area (Å²) in [7, 11) is -3.72. The summed E-state index contributed by atoms with van der Waals surface area (Å²) >= 11 is 6.05. The maximum atomic E-state index is 12.8. The molecule has 3 N–H and O–H groups in total. The Morgan fingerprint density at radius 1 is 1.14 bits per heavy atom. The van der Waals surface area contributed by atoms with E-state index in [4.69, 9.17) is 17.3 Å². The van der Waals surface area contributed by atoms with E-state index in [1.165, 1.54) is 15.9 Å². The van der Waals surface area contributed by atoms with Gasteiger partial charge in [-0.25, -0.2) is 8.42 Å². The zero-order chi connectivity index (χ0) is 20.4. The first-order valence-corrected chi connectivity index (χ1v) is 11.0. The highest BCUT2D eigenvalue weighted by atomic mass is 35.5. The average Bonchev–Trinajstić information content (AvgIpc) is 2.69. The van der Waals surface area contributed by atoms with Gasteiger partial charge in [0.25, 0.3) is 0 Å². The second-order valence-electron chi connectivity index (χ2n) is 7.00. The van der Waals surface area contributed by atoms with Gasteiger partial charge in [-0.1, -0.05) is 42.8 Å². The monoisotopic (exact) mass is 421 g/mol. The fourth-order valence-electron chi connectivity index (χ4n) is 3.23. The first-order valence-electron chi connectivity index (χ1n) is 9.20. The number of nitrogens with two attached hydrogens (primary N) is 1. The number of anilines is 1. The number of piperidine rings is 1. The first kappa shape index (κ1) is 20.8. The van der Waals surface area contributed by atoms with Crippen molar-refractivity contribution in [3.8, 4) is 0 Å². The molecule has 6 nitrogen and oxygen atoms in total. The molecule has 0 spiro atoms. The molecule has 0 saturated carbocycles. The largest absolute Gasteiger partial charge is 0.324 e. The van der Waals surface area contributed by atoms with Gasteiger partial charge in [-0.05, 0) is 49.1 Å². The highest BCUT2D eigenvalue weighted by molar-refractivity contribution is 7.89.